The first-order valence-electron chi connectivity index (χ1n) is 7.57. The summed E-state index contributed by atoms with van der Waals surface area (Å²) in [6.45, 7) is 5.86. The second-order valence-corrected chi connectivity index (χ2v) is 5.67. The van der Waals surface area contributed by atoms with Crippen molar-refractivity contribution in [1.82, 2.24) is 5.32 Å². The first-order valence-corrected chi connectivity index (χ1v) is 7.57. The summed E-state index contributed by atoms with van der Waals surface area (Å²) in [7, 11) is 0. The van der Waals surface area contributed by atoms with Crippen molar-refractivity contribution in [2.45, 2.75) is 26.4 Å². The number of rotatable bonds is 5. The largest absolute Gasteiger partial charge is 0.375 e. The normalized spacial score (nSPS) is 18.0. The Morgan fingerprint density at radius 2 is 1.86 bits per heavy atom. The lowest BCUT2D eigenvalue weighted by Crippen LogP contribution is -2.40. The smallest absolute Gasteiger partial charge is 0.227 e. The maximum atomic E-state index is 11.9. The second-order valence-electron chi connectivity index (χ2n) is 5.67. The molecule has 1 heterocycles. The van der Waals surface area contributed by atoms with E-state index >= 15 is 0 Å². The summed E-state index contributed by atoms with van der Waals surface area (Å²) < 4.78 is 5.50. The molecule has 0 spiro atoms. The number of hydrogen-bond acceptors (Lipinski definition) is 4. The molecule has 1 aromatic rings. The van der Waals surface area contributed by atoms with Crippen molar-refractivity contribution in [3.8, 4) is 0 Å². The van der Waals surface area contributed by atoms with Crippen molar-refractivity contribution in [3.63, 3.8) is 0 Å². The highest BCUT2D eigenvalue weighted by Crippen LogP contribution is 2.15. The second kappa shape index (κ2) is 7.91. The minimum Gasteiger partial charge on any atom is -0.375 e. The number of anilines is 2. The first kappa shape index (κ1) is 16.5. The van der Waals surface area contributed by atoms with Crippen LogP contribution in [0, 0.1) is 5.92 Å². The zero-order chi connectivity index (χ0) is 15.9. The van der Waals surface area contributed by atoms with Crippen LogP contribution >= 0.6 is 0 Å². The van der Waals surface area contributed by atoms with Crippen LogP contribution in [0.15, 0.2) is 24.3 Å². The molecule has 0 radical (unpaired) electrons. The zero-order valence-corrected chi connectivity index (χ0v) is 13.0. The molecule has 22 heavy (non-hydrogen) atoms. The van der Waals surface area contributed by atoms with Crippen molar-refractivity contribution in [2.24, 2.45) is 5.92 Å². The van der Waals surface area contributed by atoms with Gasteiger partial charge in [0.25, 0.3) is 0 Å². The maximum Gasteiger partial charge on any atom is 0.227 e. The lowest BCUT2D eigenvalue weighted by molar-refractivity contribution is -0.120. The van der Waals surface area contributed by atoms with Crippen molar-refractivity contribution in [1.29, 1.82) is 0 Å². The lowest BCUT2D eigenvalue weighted by atomic mass is 10.2. The SMILES string of the molecule is CC(C)C(=O)Nc1ccc(NC(=O)CC2CNCCO2)cc1. The van der Waals surface area contributed by atoms with Gasteiger partial charge >= 0.3 is 0 Å². The molecule has 0 bridgehead atoms. The predicted molar refractivity (Wildman–Crippen MR) is 85.8 cm³/mol. The molecule has 0 aromatic heterocycles. The molecule has 1 atom stereocenters. The number of ether oxygens (including phenoxy) is 1. The fourth-order valence-corrected chi connectivity index (χ4v) is 2.09. The number of carbonyl (C=O) groups is 2. The maximum absolute atomic E-state index is 11.9. The number of nitrogens with one attached hydrogen (secondary N) is 3. The molecule has 6 heteroatoms. The third kappa shape index (κ3) is 5.13. The van der Waals surface area contributed by atoms with Gasteiger partial charge in [-0.25, -0.2) is 0 Å². The quantitative estimate of drug-likeness (QED) is 0.772. The molecular formula is C16H23N3O3. The highest BCUT2D eigenvalue weighted by Gasteiger charge is 2.17. The van der Waals surface area contributed by atoms with Crippen LogP contribution in [-0.2, 0) is 14.3 Å². The topological polar surface area (TPSA) is 79.5 Å². The first-order chi connectivity index (χ1) is 10.5. The van der Waals surface area contributed by atoms with Gasteiger partial charge in [0, 0.05) is 30.4 Å². The monoisotopic (exact) mass is 305 g/mol. The summed E-state index contributed by atoms with van der Waals surface area (Å²) >= 11 is 0. The van der Waals surface area contributed by atoms with Gasteiger partial charge in [-0.05, 0) is 24.3 Å². The minimum atomic E-state index is -0.0762. The molecule has 2 amide bonds. The van der Waals surface area contributed by atoms with Crippen LogP contribution in [-0.4, -0.2) is 37.6 Å². The summed E-state index contributed by atoms with van der Waals surface area (Å²) in [4.78, 5) is 23.5. The van der Waals surface area contributed by atoms with Crippen LogP contribution in [0.1, 0.15) is 20.3 Å². The van der Waals surface area contributed by atoms with Gasteiger partial charge < -0.3 is 20.7 Å². The van der Waals surface area contributed by atoms with Gasteiger partial charge in [0.2, 0.25) is 11.8 Å². The van der Waals surface area contributed by atoms with E-state index < -0.39 is 0 Å². The van der Waals surface area contributed by atoms with Gasteiger partial charge in [0.15, 0.2) is 0 Å². The van der Waals surface area contributed by atoms with E-state index in [1.807, 2.05) is 13.8 Å². The van der Waals surface area contributed by atoms with E-state index in [-0.39, 0.29) is 23.8 Å². The van der Waals surface area contributed by atoms with Crippen LogP contribution in [0.2, 0.25) is 0 Å². The Labute approximate surface area is 130 Å². The molecule has 1 aliphatic rings. The van der Waals surface area contributed by atoms with E-state index in [1.165, 1.54) is 0 Å². The number of amides is 2. The van der Waals surface area contributed by atoms with Crippen LogP contribution in [0.4, 0.5) is 11.4 Å². The van der Waals surface area contributed by atoms with Crippen LogP contribution < -0.4 is 16.0 Å². The fourth-order valence-electron chi connectivity index (χ4n) is 2.09. The van der Waals surface area contributed by atoms with E-state index in [0.29, 0.717) is 25.3 Å². The summed E-state index contributed by atoms with van der Waals surface area (Å²) in [5.74, 6) is -0.171. The van der Waals surface area contributed by atoms with Crippen molar-refractivity contribution in [3.05, 3.63) is 24.3 Å². The van der Waals surface area contributed by atoms with Gasteiger partial charge in [-0.15, -0.1) is 0 Å². The van der Waals surface area contributed by atoms with Crippen LogP contribution in [0.25, 0.3) is 0 Å². The third-order valence-corrected chi connectivity index (χ3v) is 3.38. The molecule has 6 nitrogen and oxygen atoms in total. The van der Waals surface area contributed by atoms with Gasteiger partial charge in [0.05, 0.1) is 19.1 Å². The zero-order valence-electron chi connectivity index (χ0n) is 13.0. The Kier molecular flexibility index (Phi) is 5.91. The Morgan fingerprint density at radius 3 is 2.41 bits per heavy atom. The Balaban J connectivity index is 1.82. The van der Waals surface area contributed by atoms with Gasteiger partial charge in [-0.2, -0.15) is 0 Å². The highest BCUT2D eigenvalue weighted by molar-refractivity contribution is 5.93. The van der Waals surface area contributed by atoms with Crippen molar-refractivity contribution in [2.75, 3.05) is 30.3 Å². The molecule has 1 saturated heterocycles. The van der Waals surface area contributed by atoms with Crippen molar-refractivity contribution < 1.29 is 14.3 Å². The average Bonchev–Trinajstić information content (AvgIpc) is 2.50. The molecular weight excluding hydrogens is 282 g/mol. The molecule has 0 aliphatic carbocycles. The Hall–Kier alpha value is -1.92. The molecule has 1 unspecified atom stereocenters. The van der Waals surface area contributed by atoms with Gasteiger partial charge in [-0.3, -0.25) is 9.59 Å². The van der Waals surface area contributed by atoms with Crippen molar-refractivity contribution >= 4 is 23.2 Å². The molecule has 0 saturated carbocycles. The standard InChI is InChI=1S/C16H23N3O3/c1-11(2)16(21)19-13-5-3-12(4-6-13)18-15(20)9-14-10-17-7-8-22-14/h3-6,11,14,17H,7-10H2,1-2H3,(H,18,20)(H,19,21). The van der Waals surface area contributed by atoms with Crippen LogP contribution in [0.5, 0.6) is 0 Å². The average molecular weight is 305 g/mol. The number of morpholine rings is 1. The summed E-state index contributed by atoms with van der Waals surface area (Å²) in [5.41, 5.74) is 1.42. The lowest BCUT2D eigenvalue weighted by Gasteiger charge is -2.23. The van der Waals surface area contributed by atoms with E-state index in [1.54, 1.807) is 24.3 Å². The number of hydrogen-bond donors (Lipinski definition) is 3. The summed E-state index contributed by atoms with van der Waals surface area (Å²) in [6.07, 6.45) is 0.261. The molecule has 2 rings (SSSR count). The molecule has 120 valence electrons. The molecule has 1 fully saturated rings. The predicted octanol–water partition coefficient (Wildman–Crippen LogP) is 1.60. The fraction of sp³-hybridized carbons (Fsp3) is 0.500. The third-order valence-electron chi connectivity index (χ3n) is 3.38. The van der Waals surface area contributed by atoms with E-state index in [2.05, 4.69) is 16.0 Å². The van der Waals surface area contributed by atoms with E-state index in [4.69, 9.17) is 4.74 Å². The number of carbonyl (C=O) groups excluding carboxylic acids is 2. The number of benzene rings is 1. The molecule has 1 aromatic carbocycles. The summed E-state index contributed by atoms with van der Waals surface area (Å²) in [6, 6.07) is 7.09. The van der Waals surface area contributed by atoms with Crippen LogP contribution in [0.3, 0.4) is 0 Å². The van der Waals surface area contributed by atoms with Gasteiger partial charge in [-0.1, -0.05) is 13.8 Å². The van der Waals surface area contributed by atoms with Gasteiger partial charge in [0.1, 0.15) is 0 Å². The summed E-state index contributed by atoms with van der Waals surface area (Å²) in [5, 5.41) is 8.83. The highest BCUT2D eigenvalue weighted by atomic mass is 16.5. The molecule has 1 aliphatic heterocycles. The Bertz CT molecular complexity index is 508. The Morgan fingerprint density at radius 1 is 1.23 bits per heavy atom. The molecule has 3 N–H and O–H groups in total. The van der Waals surface area contributed by atoms with E-state index in [9.17, 15) is 9.59 Å². The van der Waals surface area contributed by atoms with E-state index in [0.717, 1.165) is 12.2 Å². The minimum absolute atomic E-state index is 0.0290.